The third-order valence-corrected chi connectivity index (χ3v) is 4.87. The van der Waals surface area contributed by atoms with Crippen LogP contribution in [0.1, 0.15) is 0 Å². The van der Waals surface area contributed by atoms with Crippen LogP contribution < -0.4 is 4.74 Å². The summed E-state index contributed by atoms with van der Waals surface area (Å²) in [5, 5.41) is 9.21. The number of ether oxygens (including phenoxy) is 1. The minimum Gasteiger partial charge on any atom is -0.508 e. The molecule has 0 unspecified atom stereocenters. The zero-order valence-corrected chi connectivity index (χ0v) is 17.4. The fraction of sp³-hybridized carbons (Fsp3) is 0.400. The van der Waals surface area contributed by atoms with E-state index in [0.717, 1.165) is 24.3 Å². The Morgan fingerprint density at radius 3 is 1.24 bits per heavy atom. The molecule has 2 rings (SSSR count). The van der Waals surface area contributed by atoms with Crippen LogP contribution in [0, 0.1) is 0 Å². The van der Waals surface area contributed by atoms with Gasteiger partial charge in [0.1, 0.15) is 11.5 Å². The molecule has 0 atom stereocenters. The first-order valence-corrected chi connectivity index (χ1v) is 9.30. The van der Waals surface area contributed by atoms with Gasteiger partial charge in [-0.15, -0.1) is 0 Å². The van der Waals surface area contributed by atoms with Crippen molar-refractivity contribution in [1.82, 2.24) is 0 Å². The van der Waals surface area contributed by atoms with Crippen molar-refractivity contribution in [3.8, 4) is 22.6 Å². The zero-order chi connectivity index (χ0) is 28.9. The molecule has 17 heteroatoms. The standard InChI is InChI=1S/C20H11F15O2/c21-14(22,9-37-13-7-3-11(4-8-13)10-1-5-12(36)6-2-10)15(23,24)16(25,26)17(27,28)18(29,30)19(31,32)20(33,34)35/h1-8,36H,9H2. The number of hydrogen-bond acceptors (Lipinski definition) is 2. The molecule has 0 radical (unpaired) electrons. The first-order chi connectivity index (χ1) is 16.4. The number of benzene rings is 2. The fourth-order valence-electron chi connectivity index (χ4n) is 2.66. The van der Waals surface area contributed by atoms with Crippen LogP contribution in [0.3, 0.4) is 0 Å². The lowest BCUT2D eigenvalue weighted by Crippen LogP contribution is -2.73. The fourth-order valence-corrected chi connectivity index (χ4v) is 2.66. The van der Waals surface area contributed by atoms with E-state index in [0.29, 0.717) is 11.1 Å². The van der Waals surface area contributed by atoms with Gasteiger partial charge in [-0.1, -0.05) is 24.3 Å². The van der Waals surface area contributed by atoms with Crippen molar-refractivity contribution in [2.45, 2.75) is 41.7 Å². The van der Waals surface area contributed by atoms with E-state index in [4.69, 9.17) is 0 Å². The summed E-state index contributed by atoms with van der Waals surface area (Å²) in [5.41, 5.74) is 0.725. The summed E-state index contributed by atoms with van der Waals surface area (Å²) in [6.07, 6.45) is -7.65. The van der Waals surface area contributed by atoms with Crippen molar-refractivity contribution in [1.29, 1.82) is 0 Å². The summed E-state index contributed by atoms with van der Waals surface area (Å²) in [7, 11) is 0. The van der Waals surface area contributed by atoms with Gasteiger partial charge in [-0.2, -0.15) is 65.9 Å². The van der Waals surface area contributed by atoms with Gasteiger partial charge >= 0.3 is 41.7 Å². The molecule has 0 aliphatic heterocycles. The summed E-state index contributed by atoms with van der Waals surface area (Å²) in [6.45, 7) is -2.91. The predicted octanol–water partition coefficient (Wildman–Crippen LogP) is 7.81. The maximum Gasteiger partial charge on any atom is 0.460 e. The average molecular weight is 568 g/mol. The summed E-state index contributed by atoms with van der Waals surface area (Å²) < 4.78 is 202. The van der Waals surface area contributed by atoms with Crippen LogP contribution in [0.4, 0.5) is 65.9 Å². The molecule has 0 aliphatic carbocycles. The van der Waals surface area contributed by atoms with Crippen molar-refractivity contribution in [3.05, 3.63) is 48.5 Å². The highest BCUT2D eigenvalue weighted by molar-refractivity contribution is 5.64. The predicted molar refractivity (Wildman–Crippen MR) is 94.8 cm³/mol. The van der Waals surface area contributed by atoms with Gasteiger partial charge in [0.15, 0.2) is 6.61 Å². The Morgan fingerprint density at radius 2 is 0.838 bits per heavy atom. The lowest BCUT2D eigenvalue weighted by atomic mass is 9.91. The molecule has 208 valence electrons. The number of halogens is 15. The summed E-state index contributed by atoms with van der Waals surface area (Å²) in [4.78, 5) is 0. The van der Waals surface area contributed by atoms with Crippen molar-refractivity contribution in [2.24, 2.45) is 0 Å². The van der Waals surface area contributed by atoms with Gasteiger partial charge in [0.2, 0.25) is 0 Å². The summed E-state index contributed by atoms with van der Waals surface area (Å²) >= 11 is 0. The zero-order valence-electron chi connectivity index (χ0n) is 17.4. The lowest BCUT2D eigenvalue weighted by molar-refractivity contribution is -0.453. The van der Waals surface area contributed by atoms with Crippen molar-refractivity contribution in [3.63, 3.8) is 0 Å². The van der Waals surface area contributed by atoms with Crippen molar-refractivity contribution >= 4 is 0 Å². The lowest BCUT2D eigenvalue weighted by Gasteiger charge is -2.41. The average Bonchev–Trinajstić information content (AvgIpc) is 2.77. The molecule has 2 aromatic carbocycles. The molecular formula is C20H11F15O2. The number of phenols is 1. The van der Waals surface area contributed by atoms with Gasteiger partial charge in [-0.25, -0.2) is 0 Å². The molecule has 37 heavy (non-hydrogen) atoms. The first-order valence-electron chi connectivity index (χ1n) is 9.30. The Kier molecular flexibility index (Phi) is 7.41. The monoisotopic (exact) mass is 568 g/mol. The molecule has 0 aromatic heterocycles. The molecular weight excluding hydrogens is 557 g/mol. The van der Waals surface area contributed by atoms with Crippen LogP contribution in [-0.2, 0) is 0 Å². The molecule has 2 nitrogen and oxygen atoms in total. The van der Waals surface area contributed by atoms with Crippen molar-refractivity contribution in [2.75, 3.05) is 6.61 Å². The van der Waals surface area contributed by atoms with Crippen LogP contribution in [0.25, 0.3) is 11.1 Å². The highest BCUT2D eigenvalue weighted by atomic mass is 19.4. The van der Waals surface area contributed by atoms with E-state index in [1.54, 1.807) is 0 Å². The number of alkyl halides is 15. The third-order valence-electron chi connectivity index (χ3n) is 4.87. The smallest absolute Gasteiger partial charge is 0.460 e. The molecule has 0 bridgehead atoms. The van der Waals surface area contributed by atoms with E-state index in [2.05, 4.69) is 4.74 Å². The van der Waals surface area contributed by atoms with Gasteiger partial charge in [0.05, 0.1) is 0 Å². The van der Waals surface area contributed by atoms with E-state index >= 15 is 0 Å². The van der Waals surface area contributed by atoms with Crippen LogP contribution in [-0.4, -0.2) is 53.4 Å². The summed E-state index contributed by atoms with van der Waals surface area (Å²) in [6, 6.07) is 9.02. The van der Waals surface area contributed by atoms with E-state index in [9.17, 15) is 71.0 Å². The second kappa shape index (κ2) is 9.08. The Labute approximate surface area is 196 Å². The van der Waals surface area contributed by atoms with E-state index in [-0.39, 0.29) is 5.75 Å². The SMILES string of the molecule is Oc1ccc(-c2ccc(OCC(F)(F)C(F)(F)C(F)(F)C(F)(F)C(F)(F)C(F)(F)C(F)(F)F)cc2)cc1. The molecule has 0 spiro atoms. The second-order valence-electron chi connectivity index (χ2n) is 7.43. The highest BCUT2D eigenvalue weighted by Gasteiger charge is 2.93. The van der Waals surface area contributed by atoms with Gasteiger partial charge in [-0.05, 0) is 35.4 Å². The molecule has 0 heterocycles. The van der Waals surface area contributed by atoms with Gasteiger partial charge < -0.3 is 9.84 Å². The quantitative estimate of drug-likeness (QED) is 0.313. The number of rotatable bonds is 9. The molecule has 1 N–H and O–H groups in total. The Hall–Kier alpha value is -3.01. The van der Waals surface area contributed by atoms with Crippen LogP contribution >= 0.6 is 0 Å². The van der Waals surface area contributed by atoms with Crippen LogP contribution in [0.5, 0.6) is 11.5 Å². The minimum atomic E-state index is -8.34. The Morgan fingerprint density at radius 1 is 0.486 bits per heavy atom. The van der Waals surface area contributed by atoms with E-state index < -0.39 is 54.1 Å². The maximum absolute atomic E-state index is 13.8. The van der Waals surface area contributed by atoms with Crippen LogP contribution in [0.2, 0.25) is 0 Å². The van der Waals surface area contributed by atoms with E-state index in [1.807, 2.05) is 0 Å². The van der Waals surface area contributed by atoms with Gasteiger partial charge in [0, 0.05) is 0 Å². The van der Waals surface area contributed by atoms with Gasteiger partial charge in [-0.3, -0.25) is 0 Å². The topological polar surface area (TPSA) is 29.5 Å². The summed E-state index contributed by atoms with van der Waals surface area (Å²) in [5.74, 6) is -47.8. The molecule has 0 saturated heterocycles. The Bertz CT molecular complexity index is 1070. The molecule has 0 aliphatic rings. The molecule has 0 amide bonds. The minimum absolute atomic E-state index is 0.130. The third kappa shape index (κ3) is 4.83. The largest absolute Gasteiger partial charge is 0.508 e. The maximum atomic E-state index is 13.8. The second-order valence-corrected chi connectivity index (χ2v) is 7.43. The van der Waals surface area contributed by atoms with Crippen LogP contribution in [0.15, 0.2) is 48.5 Å². The first kappa shape index (κ1) is 30.2. The van der Waals surface area contributed by atoms with Crippen molar-refractivity contribution < 1.29 is 75.7 Å². The molecule has 0 saturated carbocycles. The normalized spacial score (nSPS) is 14.6. The number of hydrogen-bond donors (Lipinski definition) is 1. The molecule has 2 aromatic rings. The number of phenolic OH excluding ortho intramolecular Hbond substituents is 1. The Balaban J connectivity index is 2.30. The number of aromatic hydroxyl groups is 1. The highest BCUT2D eigenvalue weighted by Crippen LogP contribution is 2.62. The molecule has 0 fully saturated rings. The van der Waals surface area contributed by atoms with E-state index in [1.165, 1.54) is 24.3 Å². The van der Waals surface area contributed by atoms with Gasteiger partial charge in [0.25, 0.3) is 0 Å².